The van der Waals surface area contributed by atoms with Gasteiger partial charge in [0.05, 0.1) is 12.3 Å². The average Bonchev–Trinajstić information content (AvgIpc) is 2.29. The van der Waals surface area contributed by atoms with Gasteiger partial charge in [-0.25, -0.2) is 4.98 Å². The number of aromatic nitrogens is 2. The molecule has 4 heteroatoms. The molecule has 3 nitrogen and oxygen atoms in total. The summed E-state index contributed by atoms with van der Waals surface area (Å²) in [6, 6.07) is 6.30. The molecular weight excluding hydrogens is 195 g/mol. The number of halogens is 1. The van der Waals surface area contributed by atoms with Crippen LogP contribution in [0.2, 0.25) is 0 Å². The summed E-state index contributed by atoms with van der Waals surface area (Å²) in [6.45, 7) is -0.0871. The van der Waals surface area contributed by atoms with E-state index in [1.165, 1.54) is 6.07 Å². The van der Waals surface area contributed by atoms with Crippen molar-refractivity contribution < 1.29 is 9.50 Å². The predicted octanol–water partition coefficient (Wildman–Crippen LogP) is 1.77. The molecule has 0 aliphatic heterocycles. The lowest BCUT2D eigenvalue weighted by Gasteiger charge is -2.01. The zero-order valence-electron chi connectivity index (χ0n) is 7.89. The Hall–Kier alpha value is -1.81. The number of aliphatic hydroxyl groups excluding tert-OH is 1. The van der Waals surface area contributed by atoms with Crippen molar-refractivity contribution in [3.8, 4) is 11.3 Å². The van der Waals surface area contributed by atoms with Gasteiger partial charge in [0.1, 0.15) is 0 Å². The molecule has 0 amide bonds. The molecule has 2 heterocycles. The lowest BCUT2D eigenvalue weighted by atomic mass is 10.1. The van der Waals surface area contributed by atoms with Crippen LogP contribution in [-0.4, -0.2) is 15.1 Å². The SMILES string of the molecule is OCc1cncc(-c2cccc(F)n2)c1. The fraction of sp³-hybridized carbons (Fsp3) is 0.0909. The second kappa shape index (κ2) is 4.14. The van der Waals surface area contributed by atoms with Crippen LogP contribution in [0, 0.1) is 5.95 Å². The molecule has 0 saturated carbocycles. The first-order valence-electron chi connectivity index (χ1n) is 4.47. The van der Waals surface area contributed by atoms with E-state index in [0.717, 1.165) is 0 Å². The van der Waals surface area contributed by atoms with Gasteiger partial charge in [-0.15, -0.1) is 0 Å². The van der Waals surface area contributed by atoms with Crippen molar-refractivity contribution in [1.82, 2.24) is 9.97 Å². The molecule has 0 aliphatic rings. The van der Waals surface area contributed by atoms with Crippen LogP contribution >= 0.6 is 0 Å². The Kier molecular flexibility index (Phi) is 2.69. The second-order valence-corrected chi connectivity index (χ2v) is 3.09. The van der Waals surface area contributed by atoms with Crippen molar-refractivity contribution >= 4 is 0 Å². The average molecular weight is 204 g/mol. The highest BCUT2D eigenvalue weighted by molar-refractivity contribution is 5.58. The molecule has 0 bridgehead atoms. The van der Waals surface area contributed by atoms with E-state index < -0.39 is 5.95 Å². The van der Waals surface area contributed by atoms with Crippen LogP contribution in [0.5, 0.6) is 0 Å². The summed E-state index contributed by atoms with van der Waals surface area (Å²) in [7, 11) is 0. The van der Waals surface area contributed by atoms with E-state index in [2.05, 4.69) is 9.97 Å². The summed E-state index contributed by atoms with van der Waals surface area (Å²) in [4.78, 5) is 7.67. The zero-order chi connectivity index (χ0) is 10.7. The third kappa shape index (κ3) is 2.16. The largest absolute Gasteiger partial charge is 0.392 e. The maximum Gasteiger partial charge on any atom is 0.213 e. The number of pyridine rings is 2. The molecule has 15 heavy (non-hydrogen) atoms. The number of aliphatic hydroxyl groups is 1. The molecule has 2 rings (SSSR count). The number of rotatable bonds is 2. The Morgan fingerprint density at radius 2 is 2.13 bits per heavy atom. The second-order valence-electron chi connectivity index (χ2n) is 3.09. The van der Waals surface area contributed by atoms with Crippen molar-refractivity contribution in [3.63, 3.8) is 0 Å². The summed E-state index contributed by atoms with van der Waals surface area (Å²) < 4.78 is 12.9. The van der Waals surface area contributed by atoms with E-state index >= 15 is 0 Å². The minimum absolute atomic E-state index is 0.0871. The van der Waals surface area contributed by atoms with Crippen molar-refractivity contribution in [1.29, 1.82) is 0 Å². The van der Waals surface area contributed by atoms with Gasteiger partial charge in [-0.2, -0.15) is 4.39 Å². The first-order chi connectivity index (χ1) is 7.29. The van der Waals surface area contributed by atoms with Crippen molar-refractivity contribution in [2.24, 2.45) is 0 Å². The monoisotopic (exact) mass is 204 g/mol. The van der Waals surface area contributed by atoms with Gasteiger partial charge in [-0.05, 0) is 23.8 Å². The zero-order valence-corrected chi connectivity index (χ0v) is 7.89. The number of hydrogen-bond donors (Lipinski definition) is 1. The minimum Gasteiger partial charge on any atom is -0.392 e. The van der Waals surface area contributed by atoms with E-state index in [1.807, 2.05) is 0 Å². The molecule has 0 aromatic carbocycles. The molecule has 2 aromatic rings. The smallest absolute Gasteiger partial charge is 0.213 e. The van der Waals surface area contributed by atoms with Crippen LogP contribution in [0.15, 0.2) is 36.7 Å². The van der Waals surface area contributed by atoms with Gasteiger partial charge >= 0.3 is 0 Å². The summed E-state index contributed by atoms with van der Waals surface area (Å²) in [5.74, 6) is -0.526. The highest BCUT2D eigenvalue weighted by Gasteiger charge is 2.02. The van der Waals surface area contributed by atoms with E-state index in [1.54, 1.807) is 30.6 Å². The van der Waals surface area contributed by atoms with E-state index in [4.69, 9.17) is 5.11 Å². The Balaban J connectivity index is 2.44. The first-order valence-corrected chi connectivity index (χ1v) is 4.47. The topological polar surface area (TPSA) is 46.0 Å². The highest BCUT2D eigenvalue weighted by Crippen LogP contribution is 2.16. The normalized spacial score (nSPS) is 10.3. The van der Waals surface area contributed by atoms with Gasteiger partial charge in [0.15, 0.2) is 0 Å². The van der Waals surface area contributed by atoms with Gasteiger partial charge in [0.25, 0.3) is 0 Å². The highest BCUT2D eigenvalue weighted by atomic mass is 19.1. The van der Waals surface area contributed by atoms with E-state index in [0.29, 0.717) is 16.8 Å². The van der Waals surface area contributed by atoms with Gasteiger partial charge in [0, 0.05) is 18.0 Å². The van der Waals surface area contributed by atoms with Crippen LogP contribution in [-0.2, 0) is 6.61 Å². The molecule has 0 radical (unpaired) electrons. The van der Waals surface area contributed by atoms with Crippen molar-refractivity contribution in [2.45, 2.75) is 6.61 Å². The molecule has 2 aromatic heterocycles. The van der Waals surface area contributed by atoms with Crippen molar-refractivity contribution in [2.75, 3.05) is 0 Å². The number of nitrogens with zero attached hydrogens (tertiary/aromatic N) is 2. The molecule has 0 atom stereocenters. The lowest BCUT2D eigenvalue weighted by molar-refractivity contribution is 0.281. The maximum absolute atomic E-state index is 12.9. The number of hydrogen-bond acceptors (Lipinski definition) is 3. The Labute approximate surface area is 86.3 Å². The molecule has 0 aliphatic carbocycles. The van der Waals surface area contributed by atoms with Gasteiger partial charge in [-0.3, -0.25) is 4.98 Å². The Morgan fingerprint density at radius 1 is 1.27 bits per heavy atom. The molecule has 0 unspecified atom stereocenters. The minimum atomic E-state index is -0.526. The Morgan fingerprint density at radius 3 is 2.87 bits per heavy atom. The summed E-state index contributed by atoms with van der Waals surface area (Å²) in [5, 5.41) is 8.93. The van der Waals surface area contributed by atoms with Crippen LogP contribution in [0.1, 0.15) is 5.56 Å². The maximum atomic E-state index is 12.9. The lowest BCUT2D eigenvalue weighted by Crippen LogP contribution is -1.90. The fourth-order valence-electron chi connectivity index (χ4n) is 1.28. The summed E-state index contributed by atoms with van der Waals surface area (Å²) >= 11 is 0. The van der Waals surface area contributed by atoms with Crippen LogP contribution in [0.3, 0.4) is 0 Å². The third-order valence-electron chi connectivity index (χ3n) is 1.99. The molecule has 76 valence electrons. The third-order valence-corrected chi connectivity index (χ3v) is 1.99. The van der Waals surface area contributed by atoms with Gasteiger partial charge < -0.3 is 5.11 Å². The molecular formula is C11H9FN2O. The van der Waals surface area contributed by atoms with E-state index in [-0.39, 0.29) is 6.61 Å². The van der Waals surface area contributed by atoms with Crippen molar-refractivity contribution in [3.05, 3.63) is 48.2 Å². The standard InChI is InChI=1S/C11H9FN2O/c12-11-3-1-2-10(14-11)9-4-8(7-15)5-13-6-9/h1-6,15H,7H2. The first kappa shape index (κ1) is 9.73. The van der Waals surface area contributed by atoms with E-state index in [9.17, 15) is 4.39 Å². The van der Waals surface area contributed by atoms with Crippen LogP contribution < -0.4 is 0 Å². The molecule has 0 fully saturated rings. The molecule has 0 spiro atoms. The quantitative estimate of drug-likeness (QED) is 0.758. The molecule has 0 saturated heterocycles. The summed E-state index contributed by atoms with van der Waals surface area (Å²) in [6.07, 6.45) is 3.14. The van der Waals surface area contributed by atoms with Gasteiger partial charge in [-0.1, -0.05) is 6.07 Å². The van der Waals surface area contributed by atoms with Crippen LogP contribution in [0.25, 0.3) is 11.3 Å². The summed E-state index contributed by atoms with van der Waals surface area (Å²) in [5.41, 5.74) is 1.89. The van der Waals surface area contributed by atoms with Gasteiger partial charge in [0.2, 0.25) is 5.95 Å². The predicted molar refractivity (Wildman–Crippen MR) is 53.3 cm³/mol. The van der Waals surface area contributed by atoms with Crippen LogP contribution in [0.4, 0.5) is 4.39 Å². The fourth-order valence-corrected chi connectivity index (χ4v) is 1.28. The Bertz CT molecular complexity index is 474. The molecule has 1 N–H and O–H groups in total.